The zero-order valence-corrected chi connectivity index (χ0v) is 16.4. The van der Waals surface area contributed by atoms with E-state index in [9.17, 15) is 9.59 Å². The lowest BCUT2D eigenvalue weighted by molar-refractivity contribution is -0.120. The summed E-state index contributed by atoms with van der Waals surface area (Å²) >= 11 is 5.14. The molecule has 142 valence electrons. The van der Waals surface area contributed by atoms with Gasteiger partial charge >= 0.3 is 0 Å². The lowest BCUT2D eigenvalue weighted by Gasteiger charge is -2.13. The minimum Gasteiger partial charge on any atom is -0.343 e. The van der Waals surface area contributed by atoms with Crippen molar-refractivity contribution in [2.75, 3.05) is 11.9 Å². The smallest absolute Gasteiger partial charge is 0.257 e. The van der Waals surface area contributed by atoms with E-state index < -0.39 is 5.91 Å². The van der Waals surface area contributed by atoms with Crippen molar-refractivity contribution in [3.63, 3.8) is 0 Å². The number of thiocarbonyl (C=S) groups is 1. The summed E-state index contributed by atoms with van der Waals surface area (Å²) < 4.78 is 0. The Labute approximate surface area is 164 Å². The number of rotatable bonds is 5. The highest BCUT2D eigenvalue weighted by Gasteiger charge is 2.08. The molecule has 0 heterocycles. The Morgan fingerprint density at radius 1 is 1.04 bits per heavy atom. The van der Waals surface area contributed by atoms with Gasteiger partial charge in [-0.2, -0.15) is 0 Å². The second kappa shape index (κ2) is 9.68. The third-order valence-electron chi connectivity index (χ3n) is 3.84. The number of hydrogen-bond donors (Lipinski definition) is 4. The number of hydrazine groups is 1. The molecule has 2 amide bonds. The molecular formula is C20H24N4O2S. The molecule has 0 atom stereocenters. The van der Waals surface area contributed by atoms with E-state index in [1.807, 2.05) is 37.3 Å². The Bertz CT molecular complexity index is 819. The summed E-state index contributed by atoms with van der Waals surface area (Å²) in [6.45, 7) is 5.99. The second-order valence-electron chi connectivity index (χ2n) is 6.46. The first-order chi connectivity index (χ1) is 12.8. The van der Waals surface area contributed by atoms with Crippen molar-refractivity contribution in [2.24, 2.45) is 0 Å². The van der Waals surface area contributed by atoms with Gasteiger partial charge in [-0.05, 0) is 54.9 Å². The first-order valence-electron chi connectivity index (χ1n) is 8.66. The van der Waals surface area contributed by atoms with Crippen molar-refractivity contribution in [2.45, 2.75) is 26.7 Å². The summed E-state index contributed by atoms with van der Waals surface area (Å²) in [6.07, 6.45) is 0. The SMILES string of the molecule is Cc1cccc(C(=O)NCC(=O)NNC(=S)Nc2ccc(C(C)C)cc2)c1. The molecule has 0 saturated heterocycles. The van der Waals surface area contributed by atoms with Crippen LogP contribution < -0.4 is 21.5 Å². The standard InChI is InChI=1S/C20H24N4O2S/c1-13(2)15-7-9-17(10-8-15)22-20(27)24-23-18(25)12-21-19(26)16-6-4-5-14(3)11-16/h4-11,13H,12H2,1-3H3,(H,21,26)(H,23,25)(H2,22,24,27). The zero-order valence-electron chi connectivity index (χ0n) is 15.6. The fraction of sp³-hybridized carbons (Fsp3) is 0.250. The van der Waals surface area contributed by atoms with Gasteiger partial charge in [0.15, 0.2) is 5.11 Å². The van der Waals surface area contributed by atoms with E-state index >= 15 is 0 Å². The van der Waals surface area contributed by atoms with Crippen LogP contribution >= 0.6 is 12.2 Å². The molecule has 2 aromatic carbocycles. The van der Waals surface area contributed by atoms with Crippen LogP contribution in [0.15, 0.2) is 48.5 Å². The highest BCUT2D eigenvalue weighted by atomic mass is 32.1. The minimum atomic E-state index is -0.407. The number of hydrogen-bond acceptors (Lipinski definition) is 3. The fourth-order valence-corrected chi connectivity index (χ4v) is 2.50. The number of carbonyl (C=O) groups is 2. The van der Waals surface area contributed by atoms with Gasteiger partial charge in [0.05, 0.1) is 6.54 Å². The van der Waals surface area contributed by atoms with Crippen LogP contribution in [0.1, 0.15) is 41.3 Å². The number of amides is 2. The number of benzene rings is 2. The topological polar surface area (TPSA) is 82.3 Å². The summed E-state index contributed by atoms with van der Waals surface area (Å²) in [5.74, 6) is -0.256. The first kappa shape index (κ1) is 20.4. The fourth-order valence-electron chi connectivity index (χ4n) is 2.33. The highest BCUT2D eigenvalue weighted by molar-refractivity contribution is 7.80. The summed E-state index contributed by atoms with van der Waals surface area (Å²) in [4.78, 5) is 23.9. The Balaban J connectivity index is 1.73. The Morgan fingerprint density at radius 2 is 1.74 bits per heavy atom. The summed E-state index contributed by atoms with van der Waals surface area (Å²) in [5, 5.41) is 5.80. The predicted molar refractivity (Wildman–Crippen MR) is 112 cm³/mol. The van der Waals surface area contributed by atoms with Crippen molar-refractivity contribution in [1.82, 2.24) is 16.2 Å². The van der Waals surface area contributed by atoms with Gasteiger partial charge in [0.2, 0.25) is 0 Å². The normalized spacial score (nSPS) is 10.2. The minimum absolute atomic E-state index is 0.161. The van der Waals surface area contributed by atoms with Crippen LogP contribution in [0.2, 0.25) is 0 Å². The molecule has 0 unspecified atom stereocenters. The Kier molecular flexibility index (Phi) is 7.31. The molecule has 0 radical (unpaired) electrons. The van der Waals surface area contributed by atoms with E-state index in [4.69, 9.17) is 12.2 Å². The lowest BCUT2D eigenvalue weighted by atomic mass is 10.0. The van der Waals surface area contributed by atoms with Gasteiger partial charge in [0, 0.05) is 11.3 Å². The van der Waals surface area contributed by atoms with Crippen LogP contribution in [-0.2, 0) is 4.79 Å². The number of anilines is 1. The Hall–Kier alpha value is -2.93. The zero-order chi connectivity index (χ0) is 19.8. The predicted octanol–water partition coefficient (Wildman–Crippen LogP) is 2.87. The van der Waals surface area contributed by atoms with E-state index in [1.54, 1.807) is 18.2 Å². The molecule has 2 rings (SSSR count). The van der Waals surface area contributed by atoms with E-state index in [-0.39, 0.29) is 17.6 Å². The van der Waals surface area contributed by atoms with Crippen molar-refractivity contribution in [1.29, 1.82) is 0 Å². The highest BCUT2D eigenvalue weighted by Crippen LogP contribution is 2.16. The van der Waals surface area contributed by atoms with Crippen LogP contribution in [0, 0.1) is 6.92 Å². The number of carbonyl (C=O) groups excluding carboxylic acids is 2. The largest absolute Gasteiger partial charge is 0.343 e. The van der Waals surface area contributed by atoms with E-state index in [0.717, 1.165) is 11.3 Å². The van der Waals surface area contributed by atoms with Crippen molar-refractivity contribution < 1.29 is 9.59 Å². The molecule has 0 bridgehead atoms. The van der Waals surface area contributed by atoms with Crippen LogP contribution in [0.4, 0.5) is 5.69 Å². The van der Waals surface area contributed by atoms with E-state index in [0.29, 0.717) is 11.5 Å². The summed E-state index contributed by atoms with van der Waals surface area (Å²) in [7, 11) is 0. The van der Waals surface area contributed by atoms with Gasteiger partial charge in [-0.25, -0.2) is 0 Å². The van der Waals surface area contributed by atoms with Crippen molar-refractivity contribution >= 4 is 34.8 Å². The van der Waals surface area contributed by atoms with Gasteiger partial charge < -0.3 is 10.6 Å². The van der Waals surface area contributed by atoms with Crippen LogP contribution in [-0.4, -0.2) is 23.5 Å². The average Bonchev–Trinajstić information content (AvgIpc) is 2.64. The summed E-state index contributed by atoms with van der Waals surface area (Å²) in [6, 6.07) is 15.0. The maximum absolute atomic E-state index is 12.0. The van der Waals surface area contributed by atoms with Gasteiger partial charge in [-0.15, -0.1) is 0 Å². The van der Waals surface area contributed by atoms with Crippen molar-refractivity contribution in [3.05, 3.63) is 65.2 Å². The third kappa shape index (κ3) is 6.71. The number of aryl methyl sites for hydroxylation is 1. The molecule has 27 heavy (non-hydrogen) atoms. The molecule has 0 aliphatic carbocycles. The molecule has 0 aromatic heterocycles. The molecule has 2 aromatic rings. The molecule has 0 aliphatic rings. The quantitative estimate of drug-likeness (QED) is 0.471. The molecule has 0 aliphatic heterocycles. The molecule has 0 saturated carbocycles. The molecule has 0 fully saturated rings. The molecule has 6 nitrogen and oxygen atoms in total. The number of nitrogens with one attached hydrogen (secondary N) is 4. The van der Waals surface area contributed by atoms with Crippen LogP contribution in [0.3, 0.4) is 0 Å². The van der Waals surface area contributed by atoms with Crippen LogP contribution in [0.5, 0.6) is 0 Å². The molecule has 4 N–H and O–H groups in total. The molecular weight excluding hydrogens is 360 g/mol. The molecule has 7 heteroatoms. The maximum atomic E-state index is 12.0. The van der Waals surface area contributed by atoms with Crippen molar-refractivity contribution in [3.8, 4) is 0 Å². The molecule has 0 spiro atoms. The summed E-state index contributed by atoms with van der Waals surface area (Å²) in [5.41, 5.74) is 8.60. The monoisotopic (exact) mass is 384 g/mol. The van der Waals surface area contributed by atoms with Crippen LogP contribution in [0.25, 0.3) is 0 Å². The third-order valence-corrected chi connectivity index (χ3v) is 4.04. The Morgan fingerprint density at radius 3 is 2.37 bits per heavy atom. The first-order valence-corrected chi connectivity index (χ1v) is 9.06. The van der Waals surface area contributed by atoms with E-state index in [1.165, 1.54) is 5.56 Å². The second-order valence-corrected chi connectivity index (χ2v) is 6.86. The van der Waals surface area contributed by atoms with E-state index in [2.05, 4.69) is 35.3 Å². The average molecular weight is 385 g/mol. The van der Waals surface area contributed by atoms with Gasteiger partial charge in [-0.3, -0.25) is 20.4 Å². The van der Waals surface area contributed by atoms with Gasteiger partial charge in [0.25, 0.3) is 11.8 Å². The van der Waals surface area contributed by atoms with Gasteiger partial charge in [0.1, 0.15) is 0 Å². The van der Waals surface area contributed by atoms with Gasteiger partial charge in [-0.1, -0.05) is 43.7 Å². The lowest BCUT2D eigenvalue weighted by Crippen LogP contribution is -2.47. The maximum Gasteiger partial charge on any atom is 0.257 e.